The highest BCUT2D eigenvalue weighted by Crippen LogP contribution is 2.36. The van der Waals surface area contributed by atoms with Gasteiger partial charge in [-0.25, -0.2) is 14.8 Å². The minimum absolute atomic E-state index is 0.599. The van der Waals surface area contributed by atoms with Crippen molar-refractivity contribution in [3.63, 3.8) is 0 Å². The first kappa shape index (κ1) is 15.1. The summed E-state index contributed by atoms with van der Waals surface area (Å²) < 4.78 is 0. The van der Waals surface area contributed by atoms with E-state index < -0.39 is 11.5 Å². The van der Waals surface area contributed by atoms with Gasteiger partial charge in [-0.05, 0) is 37.9 Å². The van der Waals surface area contributed by atoms with Crippen LogP contribution in [0.15, 0.2) is 17.4 Å². The minimum Gasteiger partial charge on any atom is -0.480 e. The Morgan fingerprint density at radius 3 is 2.75 bits per heavy atom. The number of carboxylic acid groups (broad SMARTS) is 1. The third kappa shape index (κ3) is 3.23. The van der Waals surface area contributed by atoms with E-state index in [1.165, 1.54) is 18.1 Å². The lowest BCUT2D eigenvalue weighted by Crippen LogP contribution is -2.49. The third-order valence-corrected chi connectivity index (χ3v) is 4.81. The molecule has 20 heavy (non-hydrogen) atoms. The molecule has 0 spiro atoms. The molecule has 1 aliphatic carbocycles. The first-order valence-electron chi connectivity index (χ1n) is 6.97. The molecule has 0 saturated heterocycles. The van der Waals surface area contributed by atoms with Crippen molar-refractivity contribution in [2.75, 3.05) is 11.6 Å². The first-order chi connectivity index (χ1) is 9.59. The van der Waals surface area contributed by atoms with Gasteiger partial charge >= 0.3 is 5.97 Å². The Morgan fingerprint density at radius 1 is 1.50 bits per heavy atom. The smallest absolute Gasteiger partial charge is 0.329 e. The number of aliphatic carboxylic acids is 1. The molecule has 0 bridgehead atoms. The number of thioether (sulfide) groups is 1. The maximum atomic E-state index is 11.7. The minimum atomic E-state index is -0.879. The molecule has 0 aromatic carbocycles. The van der Waals surface area contributed by atoms with E-state index in [9.17, 15) is 9.90 Å². The van der Waals surface area contributed by atoms with E-state index in [-0.39, 0.29) is 0 Å². The molecule has 1 heterocycles. The number of aromatic nitrogens is 2. The molecular formula is C14H21N3O2S. The lowest BCUT2D eigenvalue weighted by atomic mass is 9.75. The SMILES string of the molecule is CCC1CCC(Nc2cc(SC)ncn2)(C(=O)O)CC1. The predicted molar refractivity (Wildman–Crippen MR) is 80.1 cm³/mol. The Kier molecular flexibility index (Phi) is 4.86. The van der Waals surface area contributed by atoms with Gasteiger partial charge in [0.1, 0.15) is 22.7 Å². The van der Waals surface area contributed by atoms with Crippen molar-refractivity contribution in [1.29, 1.82) is 0 Å². The summed E-state index contributed by atoms with van der Waals surface area (Å²) >= 11 is 1.52. The molecule has 0 aliphatic heterocycles. The molecule has 0 radical (unpaired) electrons. The van der Waals surface area contributed by atoms with Crippen molar-refractivity contribution in [3.05, 3.63) is 12.4 Å². The molecule has 2 N–H and O–H groups in total. The summed E-state index contributed by atoms with van der Waals surface area (Å²) in [4.78, 5) is 20.0. The maximum Gasteiger partial charge on any atom is 0.329 e. The zero-order chi connectivity index (χ0) is 14.6. The van der Waals surface area contributed by atoms with Gasteiger partial charge in [0.2, 0.25) is 0 Å². The number of anilines is 1. The van der Waals surface area contributed by atoms with Crippen LogP contribution in [0.4, 0.5) is 5.82 Å². The molecule has 1 aliphatic rings. The number of nitrogens with zero attached hydrogens (tertiary/aromatic N) is 2. The van der Waals surface area contributed by atoms with E-state index in [1.807, 2.05) is 6.26 Å². The topological polar surface area (TPSA) is 75.1 Å². The van der Waals surface area contributed by atoms with Crippen molar-refractivity contribution >= 4 is 23.5 Å². The van der Waals surface area contributed by atoms with Crippen LogP contribution in [0, 0.1) is 5.92 Å². The van der Waals surface area contributed by atoms with E-state index >= 15 is 0 Å². The number of carboxylic acids is 1. The fraction of sp³-hybridized carbons (Fsp3) is 0.643. The second-order valence-corrected chi connectivity index (χ2v) is 6.14. The molecule has 1 aromatic rings. The van der Waals surface area contributed by atoms with E-state index in [0.29, 0.717) is 24.6 Å². The Balaban J connectivity index is 2.15. The molecule has 0 atom stereocenters. The maximum absolute atomic E-state index is 11.7. The number of hydrogen-bond acceptors (Lipinski definition) is 5. The Hall–Kier alpha value is -1.30. The molecule has 0 unspecified atom stereocenters. The third-order valence-electron chi connectivity index (χ3n) is 4.16. The normalized spacial score (nSPS) is 26.2. The summed E-state index contributed by atoms with van der Waals surface area (Å²) in [5.74, 6) is 0.467. The van der Waals surface area contributed by atoms with Gasteiger partial charge in [0, 0.05) is 6.07 Å². The predicted octanol–water partition coefficient (Wildman–Crippen LogP) is 3.03. The summed E-state index contributed by atoms with van der Waals surface area (Å²) in [6.45, 7) is 2.17. The van der Waals surface area contributed by atoms with E-state index in [4.69, 9.17) is 0 Å². The highest BCUT2D eigenvalue weighted by atomic mass is 32.2. The van der Waals surface area contributed by atoms with Crippen LogP contribution in [0.2, 0.25) is 0 Å². The number of nitrogens with one attached hydrogen (secondary N) is 1. The van der Waals surface area contributed by atoms with Gasteiger partial charge in [0.15, 0.2) is 0 Å². The molecule has 1 aromatic heterocycles. The van der Waals surface area contributed by atoms with Gasteiger partial charge in [-0.2, -0.15) is 0 Å². The zero-order valence-electron chi connectivity index (χ0n) is 11.9. The van der Waals surface area contributed by atoms with Crippen LogP contribution in [0.25, 0.3) is 0 Å². The van der Waals surface area contributed by atoms with Crippen LogP contribution in [-0.2, 0) is 4.79 Å². The van der Waals surface area contributed by atoms with Crippen molar-refractivity contribution in [1.82, 2.24) is 9.97 Å². The fourth-order valence-electron chi connectivity index (χ4n) is 2.74. The van der Waals surface area contributed by atoms with E-state index in [1.54, 1.807) is 6.07 Å². The Morgan fingerprint density at radius 2 is 2.20 bits per heavy atom. The number of hydrogen-bond donors (Lipinski definition) is 2. The largest absolute Gasteiger partial charge is 0.480 e. The van der Waals surface area contributed by atoms with E-state index in [2.05, 4.69) is 22.2 Å². The molecule has 1 saturated carbocycles. The number of rotatable bonds is 5. The van der Waals surface area contributed by atoms with Crippen molar-refractivity contribution in [2.45, 2.75) is 49.6 Å². The standard InChI is InChI=1S/C14H21N3O2S/c1-3-10-4-6-14(7-5-10,13(18)19)17-11-8-12(20-2)16-9-15-11/h8-10H,3-7H2,1-2H3,(H,18,19)(H,15,16,17). The van der Waals surface area contributed by atoms with Gasteiger partial charge < -0.3 is 10.4 Å². The van der Waals surface area contributed by atoms with Crippen molar-refractivity contribution in [2.24, 2.45) is 5.92 Å². The molecule has 0 amide bonds. The fourth-order valence-corrected chi connectivity index (χ4v) is 3.12. The lowest BCUT2D eigenvalue weighted by molar-refractivity contribution is -0.143. The van der Waals surface area contributed by atoms with Gasteiger partial charge in [0.05, 0.1) is 0 Å². The van der Waals surface area contributed by atoms with Crippen LogP contribution in [0.1, 0.15) is 39.0 Å². The highest BCUT2D eigenvalue weighted by Gasteiger charge is 2.42. The molecule has 5 nitrogen and oxygen atoms in total. The molecule has 1 fully saturated rings. The summed E-state index contributed by atoms with van der Waals surface area (Å²) in [7, 11) is 0. The van der Waals surface area contributed by atoms with Gasteiger partial charge in [-0.1, -0.05) is 13.3 Å². The van der Waals surface area contributed by atoms with Gasteiger partial charge in [-0.15, -0.1) is 11.8 Å². The average Bonchev–Trinajstić information content (AvgIpc) is 2.48. The van der Waals surface area contributed by atoms with Gasteiger partial charge in [-0.3, -0.25) is 0 Å². The van der Waals surface area contributed by atoms with Crippen LogP contribution >= 0.6 is 11.8 Å². The summed E-state index contributed by atoms with van der Waals surface area (Å²) in [5.41, 5.74) is -0.879. The summed E-state index contributed by atoms with van der Waals surface area (Å²) in [5, 5.41) is 13.6. The van der Waals surface area contributed by atoms with Crippen molar-refractivity contribution < 1.29 is 9.90 Å². The monoisotopic (exact) mass is 295 g/mol. The van der Waals surface area contributed by atoms with Crippen molar-refractivity contribution in [3.8, 4) is 0 Å². The second-order valence-electron chi connectivity index (χ2n) is 5.31. The van der Waals surface area contributed by atoms with Crippen LogP contribution < -0.4 is 5.32 Å². The highest BCUT2D eigenvalue weighted by molar-refractivity contribution is 7.98. The average molecular weight is 295 g/mol. The first-order valence-corrected chi connectivity index (χ1v) is 8.19. The van der Waals surface area contributed by atoms with E-state index in [0.717, 1.165) is 24.3 Å². The summed E-state index contributed by atoms with van der Waals surface area (Å²) in [6, 6.07) is 1.81. The summed E-state index contributed by atoms with van der Waals surface area (Å²) in [6.07, 6.45) is 7.75. The van der Waals surface area contributed by atoms with Crippen LogP contribution in [0.3, 0.4) is 0 Å². The second kappa shape index (κ2) is 6.43. The lowest BCUT2D eigenvalue weighted by Gasteiger charge is -2.37. The number of carbonyl (C=O) groups is 1. The Labute approximate surface area is 123 Å². The van der Waals surface area contributed by atoms with Gasteiger partial charge in [0.25, 0.3) is 0 Å². The van der Waals surface area contributed by atoms with Crippen LogP contribution in [0.5, 0.6) is 0 Å². The quantitative estimate of drug-likeness (QED) is 0.642. The molecule has 6 heteroatoms. The zero-order valence-corrected chi connectivity index (χ0v) is 12.7. The Bertz CT molecular complexity index is 473. The molecule has 2 rings (SSSR count). The molecular weight excluding hydrogens is 274 g/mol. The van der Waals surface area contributed by atoms with Crippen LogP contribution in [-0.4, -0.2) is 32.8 Å². The molecule has 110 valence electrons.